The number of amides is 2. The van der Waals surface area contributed by atoms with E-state index in [0.29, 0.717) is 17.8 Å². The zero-order valence-electron chi connectivity index (χ0n) is 14.0. The van der Waals surface area contributed by atoms with Gasteiger partial charge in [0.05, 0.1) is 5.92 Å². The van der Waals surface area contributed by atoms with Crippen molar-refractivity contribution < 1.29 is 22.8 Å². The highest BCUT2D eigenvalue weighted by Crippen LogP contribution is 2.21. The van der Waals surface area contributed by atoms with Gasteiger partial charge in [0, 0.05) is 25.3 Å². The molecule has 1 aromatic carbocycles. The monoisotopic (exact) mass is 357 g/mol. The maximum absolute atomic E-state index is 12.6. The number of benzene rings is 1. The quantitative estimate of drug-likeness (QED) is 0.851. The zero-order valence-corrected chi connectivity index (χ0v) is 14.0. The van der Waals surface area contributed by atoms with Crippen molar-refractivity contribution >= 4 is 17.5 Å². The standard InChI is InChI=1S/C17H22F3N3O2/c1-2-23(16(25)17(18,19)20)11-12-5-3-7-14(9-12)22-15(24)13-6-4-8-21-10-13/h3,5,7,9,13,21H,2,4,6,8,10-11H2,1H3,(H,22,24). The van der Waals surface area contributed by atoms with Crippen molar-refractivity contribution in [3.8, 4) is 0 Å². The minimum Gasteiger partial charge on any atom is -0.331 e. The number of rotatable bonds is 5. The first-order chi connectivity index (χ1) is 11.8. The molecule has 5 nitrogen and oxygen atoms in total. The van der Waals surface area contributed by atoms with Crippen LogP contribution in [0.5, 0.6) is 0 Å². The molecule has 0 aliphatic carbocycles. The molecule has 0 bridgehead atoms. The van der Waals surface area contributed by atoms with Gasteiger partial charge >= 0.3 is 12.1 Å². The average molecular weight is 357 g/mol. The molecule has 0 spiro atoms. The van der Waals surface area contributed by atoms with Gasteiger partial charge in [-0.3, -0.25) is 9.59 Å². The number of hydrogen-bond acceptors (Lipinski definition) is 3. The van der Waals surface area contributed by atoms with Gasteiger partial charge in [0.1, 0.15) is 0 Å². The van der Waals surface area contributed by atoms with E-state index in [1.807, 2.05) is 0 Å². The molecular formula is C17H22F3N3O2. The molecule has 2 N–H and O–H groups in total. The van der Waals surface area contributed by atoms with Crippen molar-refractivity contribution in [1.29, 1.82) is 0 Å². The molecule has 1 fully saturated rings. The number of hydrogen-bond donors (Lipinski definition) is 2. The first-order valence-electron chi connectivity index (χ1n) is 8.28. The maximum atomic E-state index is 12.6. The number of anilines is 1. The van der Waals surface area contributed by atoms with Crippen LogP contribution in [0.1, 0.15) is 25.3 Å². The average Bonchev–Trinajstić information content (AvgIpc) is 2.59. The Kier molecular flexibility index (Phi) is 6.41. The molecule has 0 saturated carbocycles. The number of halogens is 3. The molecule has 1 aliphatic rings. The molecule has 2 rings (SSSR count). The number of piperidine rings is 1. The van der Waals surface area contributed by atoms with Gasteiger partial charge in [0.2, 0.25) is 5.91 Å². The van der Waals surface area contributed by atoms with Crippen molar-refractivity contribution in [3.05, 3.63) is 29.8 Å². The van der Waals surface area contributed by atoms with Crippen molar-refractivity contribution in [2.45, 2.75) is 32.5 Å². The largest absolute Gasteiger partial charge is 0.471 e. The summed E-state index contributed by atoms with van der Waals surface area (Å²) in [7, 11) is 0. The summed E-state index contributed by atoms with van der Waals surface area (Å²) in [5, 5.41) is 5.96. The van der Waals surface area contributed by atoms with E-state index in [1.165, 1.54) is 6.92 Å². The Balaban J connectivity index is 2.02. The first-order valence-corrected chi connectivity index (χ1v) is 8.28. The van der Waals surface area contributed by atoms with Gasteiger partial charge in [-0.05, 0) is 44.0 Å². The second-order valence-electron chi connectivity index (χ2n) is 6.05. The van der Waals surface area contributed by atoms with Gasteiger partial charge in [0.25, 0.3) is 0 Å². The highest BCUT2D eigenvalue weighted by atomic mass is 19.4. The highest BCUT2D eigenvalue weighted by Gasteiger charge is 2.41. The molecule has 2 amide bonds. The van der Waals surface area contributed by atoms with Crippen LogP contribution in [0.15, 0.2) is 24.3 Å². The van der Waals surface area contributed by atoms with E-state index in [9.17, 15) is 22.8 Å². The third-order valence-corrected chi connectivity index (χ3v) is 4.15. The second kappa shape index (κ2) is 8.33. The predicted octanol–water partition coefficient (Wildman–Crippen LogP) is 2.54. The molecule has 1 aliphatic heterocycles. The number of nitrogens with zero attached hydrogens (tertiary/aromatic N) is 1. The van der Waals surface area contributed by atoms with Gasteiger partial charge in [0.15, 0.2) is 0 Å². The van der Waals surface area contributed by atoms with Crippen molar-refractivity contribution in [2.75, 3.05) is 25.0 Å². The molecule has 25 heavy (non-hydrogen) atoms. The fourth-order valence-corrected chi connectivity index (χ4v) is 2.79. The number of carbonyl (C=O) groups is 2. The SMILES string of the molecule is CCN(Cc1cccc(NC(=O)C2CCCNC2)c1)C(=O)C(F)(F)F. The van der Waals surface area contributed by atoms with Crippen LogP contribution in [0.3, 0.4) is 0 Å². The van der Waals surface area contributed by atoms with Crippen LogP contribution >= 0.6 is 0 Å². The summed E-state index contributed by atoms with van der Waals surface area (Å²) in [5.41, 5.74) is 1.04. The molecular weight excluding hydrogens is 335 g/mol. The summed E-state index contributed by atoms with van der Waals surface area (Å²) in [6.45, 7) is 2.80. The molecule has 1 saturated heterocycles. The van der Waals surface area contributed by atoms with Crippen LogP contribution in [0.25, 0.3) is 0 Å². The van der Waals surface area contributed by atoms with E-state index in [4.69, 9.17) is 0 Å². The summed E-state index contributed by atoms with van der Waals surface area (Å²) in [6, 6.07) is 6.56. The van der Waals surface area contributed by atoms with Gasteiger partial charge < -0.3 is 15.5 Å². The minimum atomic E-state index is -4.89. The number of alkyl halides is 3. The Morgan fingerprint density at radius 1 is 1.36 bits per heavy atom. The molecule has 1 unspecified atom stereocenters. The summed E-state index contributed by atoms with van der Waals surface area (Å²) < 4.78 is 37.8. The van der Waals surface area contributed by atoms with Gasteiger partial charge in [-0.15, -0.1) is 0 Å². The number of nitrogens with one attached hydrogen (secondary N) is 2. The van der Waals surface area contributed by atoms with Crippen molar-refractivity contribution in [3.63, 3.8) is 0 Å². The molecule has 1 aromatic rings. The van der Waals surface area contributed by atoms with Crippen LogP contribution in [0.4, 0.5) is 18.9 Å². The van der Waals surface area contributed by atoms with Gasteiger partial charge in [-0.1, -0.05) is 12.1 Å². The van der Waals surface area contributed by atoms with Crippen molar-refractivity contribution in [1.82, 2.24) is 10.2 Å². The molecule has 8 heteroatoms. The van der Waals surface area contributed by atoms with E-state index in [-0.39, 0.29) is 24.9 Å². The summed E-state index contributed by atoms with van der Waals surface area (Å²) in [5.74, 6) is -2.09. The third-order valence-electron chi connectivity index (χ3n) is 4.15. The molecule has 138 valence electrons. The Hall–Kier alpha value is -2.09. The lowest BCUT2D eigenvalue weighted by Gasteiger charge is -2.23. The Morgan fingerprint density at radius 3 is 2.72 bits per heavy atom. The summed E-state index contributed by atoms with van der Waals surface area (Å²) >= 11 is 0. The Morgan fingerprint density at radius 2 is 2.12 bits per heavy atom. The van der Waals surface area contributed by atoms with Crippen molar-refractivity contribution in [2.24, 2.45) is 5.92 Å². The van der Waals surface area contributed by atoms with Gasteiger partial charge in [-0.2, -0.15) is 13.2 Å². The van der Waals surface area contributed by atoms with Crippen LogP contribution in [0, 0.1) is 5.92 Å². The van der Waals surface area contributed by atoms with Gasteiger partial charge in [-0.25, -0.2) is 0 Å². The molecule has 0 aromatic heterocycles. The fraction of sp³-hybridized carbons (Fsp3) is 0.529. The highest BCUT2D eigenvalue weighted by molar-refractivity contribution is 5.92. The lowest BCUT2D eigenvalue weighted by molar-refractivity contribution is -0.185. The molecule has 1 atom stereocenters. The predicted molar refractivity (Wildman–Crippen MR) is 87.8 cm³/mol. The Bertz CT molecular complexity index is 613. The molecule has 1 heterocycles. The first kappa shape index (κ1) is 19.2. The second-order valence-corrected chi connectivity index (χ2v) is 6.05. The van der Waals surface area contributed by atoms with Crippen LogP contribution in [0.2, 0.25) is 0 Å². The lowest BCUT2D eigenvalue weighted by atomic mass is 9.99. The summed E-state index contributed by atoms with van der Waals surface area (Å²) in [6.07, 6.45) is -3.15. The fourth-order valence-electron chi connectivity index (χ4n) is 2.79. The normalized spacial score (nSPS) is 17.8. The minimum absolute atomic E-state index is 0.0529. The zero-order chi connectivity index (χ0) is 18.4. The Labute approximate surface area is 144 Å². The van der Waals surface area contributed by atoms with E-state index in [2.05, 4.69) is 10.6 Å². The van der Waals surface area contributed by atoms with E-state index < -0.39 is 12.1 Å². The lowest BCUT2D eigenvalue weighted by Crippen LogP contribution is -2.40. The van der Waals surface area contributed by atoms with Crippen LogP contribution in [-0.4, -0.2) is 42.5 Å². The van der Waals surface area contributed by atoms with E-state index in [1.54, 1.807) is 24.3 Å². The van der Waals surface area contributed by atoms with E-state index >= 15 is 0 Å². The van der Waals surface area contributed by atoms with Crippen LogP contribution in [-0.2, 0) is 16.1 Å². The topological polar surface area (TPSA) is 61.4 Å². The third kappa shape index (κ3) is 5.45. The number of carbonyl (C=O) groups excluding carboxylic acids is 2. The van der Waals surface area contributed by atoms with E-state index in [0.717, 1.165) is 24.3 Å². The molecule has 0 radical (unpaired) electrons. The smallest absolute Gasteiger partial charge is 0.331 e. The summed E-state index contributed by atoms with van der Waals surface area (Å²) in [4.78, 5) is 24.4. The maximum Gasteiger partial charge on any atom is 0.471 e. The van der Waals surface area contributed by atoms with Crippen LogP contribution < -0.4 is 10.6 Å².